The summed E-state index contributed by atoms with van der Waals surface area (Å²) in [4.78, 5) is 14.3. The summed E-state index contributed by atoms with van der Waals surface area (Å²) in [5.41, 5.74) is 2.15. The molecule has 1 amide bonds. The Morgan fingerprint density at radius 2 is 2.21 bits per heavy atom. The lowest BCUT2D eigenvalue weighted by atomic mass is 10.1. The van der Waals surface area contributed by atoms with Crippen LogP contribution in [0.25, 0.3) is 10.9 Å². The smallest absolute Gasteiger partial charge is 0.231 e. The molecule has 0 aliphatic carbocycles. The molecule has 0 bridgehead atoms. The van der Waals surface area contributed by atoms with Gasteiger partial charge in [0.05, 0.1) is 11.6 Å². The van der Waals surface area contributed by atoms with E-state index in [1.807, 2.05) is 32.4 Å². The number of aromatic nitrogens is 1. The van der Waals surface area contributed by atoms with Crippen LogP contribution >= 0.6 is 0 Å². The second-order valence-corrected chi connectivity index (χ2v) is 5.23. The monoisotopic (exact) mass is 257 g/mol. The predicted molar refractivity (Wildman–Crippen MR) is 77.3 cm³/mol. The van der Waals surface area contributed by atoms with Crippen molar-refractivity contribution in [2.75, 3.05) is 25.0 Å². The number of nitrogens with one attached hydrogen (secondary N) is 1. The van der Waals surface area contributed by atoms with Gasteiger partial charge in [-0.1, -0.05) is 18.2 Å². The Bertz CT molecular complexity index is 611. The van der Waals surface area contributed by atoms with Gasteiger partial charge in [0.25, 0.3) is 0 Å². The number of para-hydroxylation sites is 1. The molecular formula is C15H19N3O. The van der Waals surface area contributed by atoms with Crippen molar-refractivity contribution in [3.8, 4) is 0 Å². The largest absolute Gasteiger partial charge is 0.348 e. The molecular weight excluding hydrogens is 238 g/mol. The standard InChI is InChI=1S/C15H19N3O/c1-17-10-14(12-5-3-4-6-13(12)17)18(2)15(19)11-7-8-16-9-11/h3-6,10-11,16H,7-9H2,1-2H3. The molecule has 4 nitrogen and oxygen atoms in total. The molecule has 0 saturated carbocycles. The minimum Gasteiger partial charge on any atom is -0.348 e. The Labute approximate surface area is 113 Å². The zero-order valence-corrected chi connectivity index (χ0v) is 11.4. The second kappa shape index (κ2) is 4.70. The van der Waals surface area contributed by atoms with Crippen LogP contribution in [0.5, 0.6) is 0 Å². The Balaban J connectivity index is 1.97. The third-order valence-electron chi connectivity index (χ3n) is 3.98. The van der Waals surface area contributed by atoms with Crippen LogP contribution in [0.4, 0.5) is 5.69 Å². The minimum absolute atomic E-state index is 0.115. The van der Waals surface area contributed by atoms with E-state index < -0.39 is 0 Å². The van der Waals surface area contributed by atoms with Crippen molar-refractivity contribution in [1.82, 2.24) is 9.88 Å². The molecule has 2 heterocycles. The number of benzene rings is 1. The summed E-state index contributed by atoms with van der Waals surface area (Å²) in [7, 11) is 3.89. The van der Waals surface area contributed by atoms with E-state index in [2.05, 4.69) is 22.0 Å². The summed E-state index contributed by atoms with van der Waals surface area (Å²) < 4.78 is 2.07. The van der Waals surface area contributed by atoms with Crippen LogP contribution in [0.2, 0.25) is 0 Å². The molecule has 1 aliphatic rings. The lowest BCUT2D eigenvalue weighted by molar-refractivity contribution is -0.121. The molecule has 0 radical (unpaired) electrons. The van der Waals surface area contributed by atoms with E-state index in [1.54, 1.807) is 4.90 Å². The summed E-state index contributed by atoms with van der Waals surface area (Å²) in [6.45, 7) is 1.74. The molecule has 3 rings (SSSR count). The number of fused-ring (bicyclic) bond motifs is 1. The Morgan fingerprint density at radius 1 is 1.42 bits per heavy atom. The zero-order valence-electron chi connectivity index (χ0n) is 11.4. The summed E-state index contributed by atoms with van der Waals surface area (Å²) >= 11 is 0. The average Bonchev–Trinajstić information content (AvgIpc) is 3.06. The molecule has 1 aromatic heterocycles. The van der Waals surface area contributed by atoms with Crippen molar-refractivity contribution < 1.29 is 4.79 Å². The van der Waals surface area contributed by atoms with Crippen molar-refractivity contribution in [3.05, 3.63) is 30.5 Å². The second-order valence-electron chi connectivity index (χ2n) is 5.23. The number of rotatable bonds is 2. The number of hydrogen-bond donors (Lipinski definition) is 1. The molecule has 1 atom stereocenters. The third kappa shape index (κ3) is 2.02. The van der Waals surface area contributed by atoms with Crippen molar-refractivity contribution in [2.24, 2.45) is 13.0 Å². The van der Waals surface area contributed by atoms with Crippen LogP contribution in [0, 0.1) is 5.92 Å². The van der Waals surface area contributed by atoms with E-state index in [1.165, 1.54) is 0 Å². The summed E-state index contributed by atoms with van der Waals surface area (Å²) in [6.07, 6.45) is 2.97. The van der Waals surface area contributed by atoms with Gasteiger partial charge in [-0.25, -0.2) is 0 Å². The summed E-state index contributed by atoms with van der Waals surface area (Å²) in [5.74, 6) is 0.324. The van der Waals surface area contributed by atoms with E-state index in [-0.39, 0.29) is 11.8 Å². The van der Waals surface area contributed by atoms with Gasteiger partial charge in [0.2, 0.25) is 5.91 Å². The highest BCUT2D eigenvalue weighted by Gasteiger charge is 2.27. The highest BCUT2D eigenvalue weighted by molar-refractivity contribution is 6.04. The Hall–Kier alpha value is -1.81. The molecule has 100 valence electrons. The van der Waals surface area contributed by atoms with E-state index in [0.717, 1.165) is 36.1 Å². The van der Waals surface area contributed by atoms with Gasteiger partial charge in [-0.2, -0.15) is 0 Å². The van der Waals surface area contributed by atoms with Gasteiger partial charge in [0.15, 0.2) is 0 Å². The highest BCUT2D eigenvalue weighted by atomic mass is 16.2. The first-order valence-corrected chi connectivity index (χ1v) is 6.71. The highest BCUT2D eigenvalue weighted by Crippen LogP contribution is 2.29. The molecule has 2 aromatic rings. The van der Waals surface area contributed by atoms with Crippen LogP contribution in [-0.4, -0.2) is 30.6 Å². The number of hydrogen-bond acceptors (Lipinski definition) is 2. The van der Waals surface area contributed by atoms with Crippen LogP contribution in [0.1, 0.15) is 6.42 Å². The minimum atomic E-state index is 0.115. The zero-order chi connectivity index (χ0) is 13.4. The fourth-order valence-corrected chi connectivity index (χ4v) is 2.85. The van der Waals surface area contributed by atoms with Crippen LogP contribution < -0.4 is 10.2 Å². The van der Waals surface area contributed by atoms with Crippen LogP contribution in [0.15, 0.2) is 30.5 Å². The van der Waals surface area contributed by atoms with E-state index in [9.17, 15) is 4.79 Å². The number of carbonyl (C=O) groups excluding carboxylic acids is 1. The molecule has 1 saturated heterocycles. The van der Waals surface area contributed by atoms with Crippen LogP contribution in [-0.2, 0) is 11.8 Å². The quantitative estimate of drug-likeness (QED) is 0.890. The lowest BCUT2D eigenvalue weighted by Crippen LogP contribution is -2.33. The molecule has 1 unspecified atom stereocenters. The first-order chi connectivity index (χ1) is 9.18. The van der Waals surface area contributed by atoms with Gasteiger partial charge in [0.1, 0.15) is 0 Å². The topological polar surface area (TPSA) is 37.3 Å². The normalized spacial score (nSPS) is 18.9. The van der Waals surface area contributed by atoms with Gasteiger partial charge in [-0.3, -0.25) is 4.79 Å². The average molecular weight is 257 g/mol. The van der Waals surface area contributed by atoms with E-state index in [4.69, 9.17) is 0 Å². The van der Waals surface area contributed by atoms with Crippen molar-refractivity contribution in [3.63, 3.8) is 0 Å². The van der Waals surface area contributed by atoms with Crippen molar-refractivity contribution >= 4 is 22.5 Å². The van der Waals surface area contributed by atoms with Gasteiger partial charge in [-0.15, -0.1) is 0 Å². The maximum absolute atomic E-state index is 12.5. The summed E-state index contributed by atoms with van der Waals surface area (Å²) in [6, 6.07) is 8.19. The van der Waals surface area contributed by atoms with Crippen molar-refractivity contribution in [2.45, 2.75) is 6.42 Å². The summed E-state index contributed by atoms with van der Waals surface area (Å²) in [5, 5.41) is 4.38. The molecule has 1 N–H and O–H groups in total. The number of anilines is 1. The Kier molecular flexibility index (Phi) is 3.03. The molecule has 0 spiro atoms. The predicted octanol–water partition coefficient (Wildman–Crippen LogP) is 1.75. The SMILES string of the molecule is CN(C(=O)C1CCNC1)c1cn(C)c2ccccc12. The first kappa shape index (κ1) is 12.2. The fourth-order valence-electron chi connectivity index (χ4n) is 2.85. The van der Waals surface area contributed by atoms with E-state index >= 15 is 0 Å². The third-order valence-corrected chi connectivity index (χ3v) is 3.98. The van der Waals surface area contributed by atoms with Gasteiger partial charge in [-0.05, 0) is 19.0 Å². The maximum atomic E-state index is 12.5. The van der Waals surface area contributed by atoms with E-state index in [0.29, 0.717) is 0 Å². The first-order valence-electron chi connectivity index (χ1n) is 6.71. The van der Waals surface area contributed by atoms with Crippen LogP contribution in [0.3, 0.4) is 0 Å². The van der Waals surface area contributed by atoms with Gasteiger partial charge < -0.3 is 14.8 Å². The van der Waals surface area contributed by atoms with Gasteiger partial charge >= 0.3 is 0 Å². The number of aryl methyl sites for hydroxylation is 1. The number of amides is 1. The molecule has 19 heavy (non-hydrogen) atoms. The molecule has 1 aliphatic heterocycles. The van der Waals surface area contributed by atoms with Gasteiger partial charge in [0, 0.05) is 37.7 Å². The molecule has 1 aromatic carbocycles. The maximum Gasteiger partial charge on any atom is 0.231 e. The molecule has 4 heteroatoms. The lowest BCUT2D eigenvalue weighted by Gasteiger charge is -2.20. The Morgan fingerprint density at radius 3 is 2.95 bits per heavy atom. The molecule has 1 fully saturated rings. The fraction of sp³-hybridized carbons (Fsp3) is 0.400. The van der Waals surface area contributed by atoms with Crippen molar-refractivity contribution in [1.29, 1.82) is 0 Å². The number of nitrogens with zero attached hydrogens (tertiary/aromatic N) is 2. The number of carbonyl (C=O) groups is 1.